The van der Waals surface area contributed by atoms with Gasteiger partial charge in [0.1, 0.15) is 0 Å². The fraction of sp³-hybridized carbons (Fsp3) is 0.357. The van der Waals surface area contributed by atoms with E-state index in [1.54, 1.807) is 17.1 Å². The van der Waals surface area contributed by atoms with Gasteiger partial charge in [0.25, 0.3) is 0 Å². The fourth-order valence-corrected chi connectivity index (χ4v) is 2.12. The molecule has 21 heavy (non-hydrogen) atoms. The number of para-hydroxylation sites is 1. The fourth-order valence-electron chi connectivity index (χ4n) is 1.88. The first-order valence-corrected chi connectivity index (χ1v) is 6.79. The van der Waals surface area contributed by atoms with Gasteiger partial charge >= 0.3 is 6.18 Å². The van der Waals surface area contributed by atoms with Crippen molar-refractivity contribution in [1.29, 1.82) is 0 Å². The Morgan fingerprint density at radius 3 is 2.62 bits per heavy atom. The summed E-state index contributed by atoms with van der Waals surface area (Å²) in [5, 5.41) is 6.94. The lowest BCUT2D eigenvalue weighted by molar-refractivity contribution is -0.136. The van der Waals surface area contributed by atoms with Gasteiger partial charge in [0, 0.05) is 24.3 Å². The smallest absolute Gasteiger partial charge is 0.379 e. The Balaban J connectivity index is 2.19. The van der Waals surface area contributed by atoms with Crippen molar-refractivity contribution < 1.29 is 13.2 Å². The van der Waals surface area contributed by atoms with Crippen LogP contribution in [-0.4, -0.2) is 9.78 Å². The Morgan fingerprint density at radius 2 is 2.05 bits per heavy atom. The second-order valence-corrected chi connectivity index (χ2v) is 5.34. The lowest BCUT2D eigenvalue weighted by atomic mass is 10.1. The minimum Gasteiger partial charge on any atom is -0.379 e. The summed E-state index contributed by atoms with van der Waals surface area (Å²) in [7, 11) is 0. The highest BCUT2D eigenvalue weighted by Crippen LogP contribution is 2.38. The molecule has 0 bridgehead atoms. The maximum absolute atomic E-state index is 12.9. The predicted molar refractivity (Wildman–Crippen MR) is 76.4 cm³/mol. The Morgan fingerprint density at radius 1 is 1.33 bits per heavy atom. The van der Waals surface area contributed by atoms with E-state index < -0.39 is 11.7 Å². The summed E-state index contributed by atoms with van der Waals surface area (Å²) in [6.45, 7) is 4.17. The number of halogens is 4. The van der Waals surface area contributed by atoms with Gasteiger partial charge in [-0.2, -0.15) is 18.3 Å². The van der Waals surface area contributed by atoms with Gasteiger partial charge in [-0.25, -0.2) is 0 Å². The van der Waals surface area contributed by atoms with Crippen molar-refractivity contribution in [3.8, 4) is 0 Å². The summed E-state index contributed by atoms with van der Waals surface area (Å²) in [4.78, 5) is 0. The molecule has 0 aliphatic heterocycles. The molecule has 0 atom stereocenters. The van der Waals surface area contributed by atoms with Gasteiger partial charge in [0.05, 0.1) is 22.5 Å². The third-order valence-corrected chi connectivity index (χ3v) is 3.29. The van der Waals surface area contributed by atoms with Crippen molar-refractivity contribution in [3.05, 3.63) is 46.7 Å². The lowest BCUT2D eigenvalue weighted by Crippen LogP contribution is -2.11. The van der Waals surface area contributed by atoms with Gasteiger partial charge in [-0.05, 0) is 26.0 Å². The van der Waals surface area contributed by atoms with Crippen LogP contribution in [0.1, 0.15) is 31.0 Å². The molecule has 2 aromatic rings. The highest BCUT2D eigenvalue weighted by Gasteiger charge is 2.34. The number of nitrogens with zero attached hydrogens (tertiary/aromatic N) is 2. The summed E-state index contributed by atoms with van der Waals surface area (Å²) in [6, 6.07) is 3.92. The molecule has 114 valence electrons. The van der Waals surface area contributed by atoms with Gasteiger partial charge in [0.15, 0.2) is 0 Å². The predicted octanol–water partition coefficient (Wildman–Crippen LogP) is 4.75. The number of hydrogen-bond acceptors (Lipinski definition) is 2. The van der Waals surface area contributed by atoms with Gasteiger partial charge < -0.3 is 5.32 Å². The van der Waals surface area contributed by atoms with Crippen LogP contribution in [0.2, 0.25) is 5.02 Å². The molecular weight excluding hydrogens is 303 g/mol. The largest absolute Gasteiger partial charge is 0.418 e. The molecule has 7 heteroatoms. The third-order valence-electron chi connectivity index (χ3n) is 2.97. The average Bonchev–Trinajstić information content (AvgIpc) is 2.85. The molecular formula is C14H15ClF3N3. The van der Waals surface area contributed by atoms with Crippen molar-refractivity contribution in [2.45, 2.75) is 32.6 Å². The van der Waals surface area contributed by atoms with Crippen molar-refractivity contribution in [2.75, 3.05) is 5.32 Å². The molecule has 1 heterocycles. The number of aromatic nitrogens is 2. The van der Waals surface area contributed by atoms with Crippen LogP contribution >= 0.6 is 11.6 Å². The van der Waals surface area contributed by atoms with Gasteiger partial charge in [0.2, 0.25) is 0 Å². The van der Waals surface area contributed by atoms with E-state index in [1.165, 1.54) is 12.1 Å². The van der Waals surface area contributed by atoms with Crippen LogP contribution in [-0.2, 0) is 12.7 Å². The monoisotopic (exact) mass is 317 g/mol. The number of anilines is 1. The standard InChI is InChI=1S/C14H15ClF3N3/c1-9(2)21-8-10(7-20-21)6-19-13-11(14(16,17)18)4-3-5-12(13)15/h3-5,7-9,19H,6H2,1-2H3. The van der Waals surface area contributed by atoms with E-state index in [2.05, 4.69) is 10.4 Å². The second kappa shape index (κ2) is 5.97. The second-order valence-electron chi connectivity index (χ2n) is 4.94. The molecule has 0 aliphatic rings. The number of alkyl halides is 3. The Hall–Kier alpha value is -1.69. The highest BCUT2D eigenvalue weighted by atomic mass is 35.5. The molecule has 0 amide bonds. The van der Waals surface area contributed by atoms with Crippen LogP contribution in [0.3, 0.4) is 0 Å². The SMILES string of the molecule is CC(C)n1cc(CNc2c(Cl)cccc2C(F)(F)F)cn1. The van der Waals surface area contributed by atoms with E-state index in [1.807, 2.05) is 13.8 Å². The van der Waals surface area contributed by atoms with Crippen LogP contribution in [0.25, 0.3) is 0 Å². The highest BCUT2D eigenvalue weighted by molar-refractivity contribution is 6.33. The molecule has 0 saturated carbocycles. The molecule has 1 aromatic carbocycles. The molecule has 3 nitrogen and oxygen atoms in total. The van der Waals surface area contributed by atoms with Crippen LogP contribution in [0.4, 0.5) is 18.9 Å². The van der Waals surface area contributed by atoms with Crippen LogP contribution in [0.5, 0.6) is 0 Å². The van der Waals surface area contributed by atoms with Crippen LogP contribution in [0, 0.1) is 0 Å². The first kappa shape index (κ1) is 15.7. The van der Waals surface area contributed by atoms with E-state index in [9.17, 15) is 13.2 Å². The topological polar surface area (TPSA) is 29.9 Å². The lowest BCUT2D eigenvalue weighted by Gasteiger charge is -2.15. The van der Waals surface area contributed by atoms with Crippen LogP contribution in [0.15, 0.2) is 30.6 Å². The molecule has 1 N–H and O–H groups in total. The van der Waals surface area contributed by atoms with E-state index in [4.69, 9.17) is 11.6 Å². The van der Waals surface area contributed by atoms with Crippen molar-refractivity contribution in [2.24, 2.45) is 0 Å². The maximum atomic E-state index is 12.9. The zero-order valence-corrected chi connectivity index (χ0v) is 12.3. The van der Waals surface area contributed by atoms with Crippen molar-refractivity contribution >= 4 is 17.3 Å². The van der Waals surface area contributed by atoms with E-state index in [0.717, 1.165) is 11.6 Å². The Bertz CT molecular complexity index is 620. The first-order valence-electron chi connectivity index (χ1n) is 6.41. The maximum Gasteiger partial charge on any atom is 0.418 e. The number of nitrogens with one attached hydrogen (secondary N) is 1. The van der Waals surface area contributed by atoms with Gasteiger partial charge in [-0.3, -0.25) is 4.68 Å². The summed E-state index contributed by atoms with van der Waals surface area (Å²) in [5.74, 6) is 0. The zero-order valence-electron chi connectivity index (χ0n) is 11.6. The molecule has 0 unspecified atom stereocenters. The molecule has 0 radical (unpaired) electrons. The Labute approximate surface area is 125 Å². The molecule has 2 rings (SSSR count). The average molecular weight is 318 g/mol. The zero-order chi connectivity index (χ0) is 15.6. The normalized spacial score (nSPS) is 12.0. The van der Waals surface area contributed by atoms with Gasteiger partial charge in [-0.1, -0.05) is 17.7 Å². The molecule has 0 fully saturated rings. The molecule has 0 aliphatic carbocycles. The number of rotatable bonds is 4. The van der Waals surface area contributed by atoms with Crippen molar-refractivity contribution in [1.82, 2.24) is 9.78 Å². The first-order chi connectivity index (χ1) is 9.79. The van der Waals surface area contributed by atoms with E-state index in [0.29, 0.717) is 0 Å². The van der Waals surface area contributed by atoms with Gasteiger partial charge in [-0.15, -0.1) is 0 Å². The van der Waals surface area contributed by atoms with Crippen LogP contribution < -0.4 is 5.32 Å². The quantitative estimate of drug-likeness (QED) is 0.882. The van der Waals surface area contributed by atoms with E-state index >= 15 is 0 Å². The van der Waals surface area contributed by atoms with E-state index in [-0.39, 0.29) is 23.3 Å². The minimum atomic E-state index is -4.45. The summed E-state index contributed by atoms with van der Waals surface area (Å²) < 4.78 is 40.6. The summed E-state index contributed by atoms with van der Waals surface area (Å²) in [5.41, 5.74) is -0.0908. The summed E-state index contributed by atoms with van der Waals surface area (Å²) >= 11 is 5.87. The minimum absolute atomic E-state index is 0.0427. The number of hydrogen-bond donors (Lipinski definition) is 1. The van der Waals surface area contributed by atoms with Crippen molar-refractivity contribution in [3.63, 3.8) is 0 Å². The third kappa shape index (κ3) is 3.69. The number of benzene rings is 1. The molecule has 0 spiro atoms. The summed E-state index contributed by atoms with van der Waals surface area (Å²) in [6.07, 6.45) is -1.03. The molecule has 0 saturated heterocycles. The molecule has 1 aromatic heterocycles. The Kier molecular flexibility index (Phi) is 4.46.